The van der Waals surface area contributed by atoms with Gasteiger partial charge in [-0.3, -0.25) is 4.79 Å². The number of methoxy groups -OCH3 is 2. The van der Waals surface area contributed by atoms with Crippen molar-refractivity contribution in [3.05, 3.63) is 54.1 Å². The quantitative estimate of drug-likeness (QED) is 0.860. The molecule has 1 amide bonds. The van der Waals surface area contributed by atoms with E-state index in [0.717, 1.165) is 23.6 Å². The Kier molecular flexibility index (Phi) is 5.96. The lowest BCUT2D eigenvalue weighted by molar-refractivity contribution is -0.136. The third-order valence-electron chi connectivity index (χ3n) is 4.48. The Hall–Kier alpha value is -2.73. The van der Waals surface area contributed by atoms with Crippen LogP contribution in [0.1, 0.15) is 11.6 Å². The maximum absolute atomic E-state index is 12.8. The lowest BCUT2D eigenvalue weighted by Gasteiger charge is -2.37. The standard InChI is InChI=1S/C20H24N2O4/c1-24-15-7-9-16(10-8-15)26-14-20(23)22-12-11-21-13-18(22)17-5-3-4-6-19(17)25-2/h3-10,18,21H,11-14H2,1-2H3. The van der Waals surface area contributed by atoms with Crippen LogP contribution < -0.4 is 19.5 Å². The summed E-state index contributed by atoms with van der Waals surface area (Å²) in [4.78, 5) is 14.6. The zero-order valence-corrected chi connectivity index (χ0v) is 15.1. The van der Waals surface area contributed by atoms with Gasteiger partial charge in [-0.25, -0.2) is 0 Å². The molecule has 1 fully saturated rings. The number of hydrogen-bond donors (Lipinski definition) is 1. The van der Waals surface area contributed by atoms with Crippen molar-refractivity contribution in [1.82, 2.24) is 10.2 Å². The fourth-order valence-electron chi connectivity index (χ4n) is 3.12. The Labute approximate surface area is 153 Å². The normalized spacial score (nSPS) is 16.8. The number of amides is 1. The van der Waals surface area contributed by atoms with Crippen LogP contribution in [0.5, 0.6) is 17.2 Å². The molecule has 2 aromatic rings. The van der Waals surface area contributed by atoms with Gasteiger partial charge < -0.3 is 24.4 Å². The van der Waals surface area contributed by atoms with Crippen LogP contribution in [0.25, 0.3) is 0 Å². The number of nitrogens with zero attached hydrogens (tertiary/aromatic N) is 1. The Bertz CT molecular complexity index is 733. The van der Waals surface area contributed by atoms with Crippen LogP contribution in [0.15, 0.2) is 48.5 Å². The molecule has 0 saturated carbocycles. The zero-order chi connectivity index (χ0) is 18.4. The first-order valence-electron chi connectivity index (χ1n) is 8.63. The zero-order valence-electron chi connectivity index (χ0n) is 15.1. The summed E-state index contributed by atoms with van der Waals surface area (Å²) >= 11 is 0. The molecular formula is C20H24N2O4. The maximum atomic E-state index is 12.8. The van der Waals surface area contributed by atoms with Gasteiger partial charge in [0.15, 0.2) is 6.61 Å². The lowest BCUT2D eigenvalue weighted by atomic mass is 10.0. The predicted octanol–water partition coefficient (Wildman–Crippen LogP) is 2.26. The van der Waals surface area contributed by atoms with Gasteiger partial charge in [0.05, 0.1) is 20.3 Å². The summed E-state index contributed by atoms with van der Waals surface area (Å²) in [5.41, 5.74) is 1.000. The minimum absolute atomic E-state index is 0.00201. The van der Waals surface area contributed by atoms with Crippen LogP contribution in [0, 0.1) is 0 Å². The first-order valence-corrected chi connectivity index (χ1v) is 8.63. The summed E-state index contributed by atoms with van der Waals surface area (Å²) in [5, 5.41) is 3.35. The highest BCUT2D eigenvalue weighted by molar-refractivity contribution is 5.78. The third kappa shape index (κ3) is 4.08. The van der Waals surface area contributed by atoms with Crippen LogP contribution in [0.4, 0.5) is 0 Å². The second kappa shape index (κ2) is 8.58. The monoisotopic (exact) mass is 356 g/mol. The minimum atomic E-state index is -0.0770. The maximum Gasteiger partial charge on any atom is 0.261 e. The number of nitrogens with one attached hydrogen (secondary N) is 1. The van der Waals surface area contributed by atoms with Gasteiger partial charge in [0.1, 0.15) is 17.2 Å². The first kappa shape index (κ1) is 18.1. The van der Waals surface area contributed by atoms with Crippen LogP contribution in [-0.4, -0.2) is 51.3 Å². The molecule has 1 aliphatic rings. The largest absolute Gasteiger partial charge is 0.497 e. The topological polar surface area (TPSA) is 60.0 Å². The van der Waals surface area contributed by atoms with Gasteiger partial charge in [0, 0.05) is 25.2 Å². The van der Waals surface area contributed by atoms with E-state index in [1.54, 1.807) is 26.4 Å². The van der Waals surface area contributed by atoms with E-state index in [-0.39, 0.29) is 18.6 Å². The van der Waals surface area contributed by atoms with Crippen molar-refractivity contribution in [2.45, 2.75) is 6.04 Å². The Balaban J connectivity index is 1.69. The molecule has 6 heteroatoms. The van der Waals surface area contributed by atoms with E-state index in [2.05, 4.69) is 5.32 Å². The smallest absolute Gasteiger partial charge is 0.261 e. The number of carbonyl (C=O) groups excluding carboxylic acids is 1. The molecule has 0 aromatic heterocycles. The van der Waals surface area contributed by atoms with Gasteiger partial charge in [-0.2, -0.15) is 0 Å². The molecule has 3 rings (SSSR count). The van der Waals surface area contributed by atoms with Crippen LogP contribution >= 0.6 is 0 Å². The fourth-order valence-corrected chi connectivity index (χ4v) is 3.12. The van der Waals surface area contributed by atoms with E-state index < -0.39 is 0 Å². The first-order chi connectivity index (χ1) is 12.7. The molecule has 1 atom stereocenters. The number of para-hydroxylation sites is 1. The number of carbonyl (C=O) groups is 1. The van der Waals surface area contributed by atoms with Crippen molar-refractivity contribution in [3.63, 3.8) is 0 Å². The van der Waals surface area contributed by atoms with E-state index in [4.69, 9.17) is 14.2 Å². The van der Waals surface area contributed by atoms with Crippen LogP contribution in [-0.2, 0) is 4.79 Å². The molecule has 6 nitrogen and oxygen atoms in total. The van der Waals surface area contributed by atoms with Crippen molar-refractivity contribution in [3.8, 4) is 17.2 Å². The highest BCUT2D eigenvalue weighted by Crippen LogP contribution is 2.30. The number of rotatable bonds is 6. The highest BCUT2D eigenvalue weighted by Gasteiger charge is 2.29. The average molecular weight is 356 g/mol. The summed E-state index contributed by atoms with van der Waals surface area (Å²) in [7, 11) is 3.26. The van der Waals surface area contributed by atoms with Crippen molar-refractivity contribution in [2.24, 2.45) is 0 Å². The molecule has 0 aliphatic carbocycles. The van der Waals surface area contributed by atoms with E-state index in [0.29, 0.717) is 18.8 Å². The number of hydrogen-bond acceptors (Lipinski definition) is 5. The molecular weight excluding hydrogens is 332 g/mol. The number of ether oxygens (including phenoxy) is 3. The molecule has 1 aliphatic heterocycles. The number of benzene rings is 2. The average Bonchev–Trinajstić information content (AvgIpc) is 2.72. The summed E-state index contributed by atoms with van der Waals surface area (Å²) in [6, 6.07) is 14.9. The minimum Gasteiger partial charge on any atom is -0.497 e. The van der Waals surface area contributed by atoms with Crippen molar-refractivity contribution >= 4 is 5.91 Å². The molecule has 0 spiro atoms. The Morgan fingerprint density at radius 1 is 1.08 bits per heavy atom. The Morgan fingerprint density at radius 2 is 1.81 bits per heavy atom. The van der Waals surface area contributed by atoms with Gasteiger partial charge >= 0.3 is 0 Å². The second-order valence-corrected chi connectivity index (χ2v) is 6.01. The summed E-state index contributed by atoms with van der Waals surface area (Å²) < 4.78 is 16.3. The number of piperazine rings is 1. The summed E-state index contributed by atoms with van der Waals surface area (Å²) in [6.07, 6.45) is 0. The van der Waals surface area contributed by atoms with Gasteiger partial charge in [0.2, 0.25) is 0 Å². The fraction of sp³-hybridized carbons (Fsp3) is 0.350. The molecule has 1 saturated heterocycles. The van der Waals surface area contributed by atoms with Crippen molar-refractivity contribution in [1.29, 1.82) is 0 Å². The molecule has 0 bridgehead atoms. The van der Waals surface area contributed by atoms with Gasteiger partial charge in [-0.05, 0) is 30.3 Å². The van der Waals surface area contributed by atoms with Crippen LogP contribution in [0.2, 0.25) is 0 Å². The molecule has 2 aromatic carbocycles. The van der Waals surface area contributed by atoms with Crippen LogP contribution in [0.3, 0.4) is 0 Å². The van der Waals surface area contributed by atoms with Gasteiger partial charge in [0.25, 0.3) is 5.91 Å². The van der Waals surface area contributed by atoms with Crippen molar-refractivity contribution in [2.75, 3.05) is 40.5 Å². The van der Waals surface area contributed by atoms with Gasteiger partial charge in [-0.1, -0.05) is 18.2 Å². The molecule has 1 heterocycles. The summed E-state index contributed by atoms with van der Waals surface area (Å²) in [6.45, 7) is 2.08. The van der Waals surface area contributed by atoms with E-state index in [1.165, 1.54) is 0 Å². The van der Waals surface area contributed by atoms with E-state index in [1.807, 2.05) is 41.3 Å². The Morgan fingerprint density at radius 3 is 2.54 bits per heavy atom. The molecule has 138 valence electrons. The lowest BCUT2D eigenvalue weighted by Crippen LogP contribution is -2.50. The molecule has 1 N–H and O–H groups in total. The van der Waals surface area contributed by atoms with Crippen molar-refractivity contribution < 1.29 is 19.0 Å². The molecule has 1 unspecified atom stereocenters. The molecule has 0 radical (unpaired) electrons. The van der Waals surface area contributed by atoms with E-state index in [9.17, 15) is 4.79 Å². The van der Waals surface area contributed by atoms with E-state index >= 15 is 0 Å². The van der Waals surface area contributed by atoms with Gasteiger partial charge in [-0.15, -0.1) is 0 Å². The predicted molar refractivity (Wildman–Crippen MR) is 98.8 cm³/mol. The molecule has 26 heavy (non-hydrogen) atoms. The summed E-state index contributed by atoms with van der Waals surface area (Å²) in [5.74, 6) is 2.14. The second-order valence-electron chi connectivity index (χ2n) is 6.01. The third-order valence-corrected chi connectivity index (χ3v) is 4.48. The highest BCUT2D eigenvalue weighted by atomic mass is 16.5. The SMILES string of the molecule is COc1ccc(OCC(=O)N2CCNCC2c2ccccc2OC)cc1.